The molecule has 3 fully saturated rings. The second-order valence-corrected chi connectivity index (χ2v) is 10.4. The van der Waals surface area contributed by atoms with E-state index < -0.39 is 84.8 Å². The molecule has 3 aliphatic rings. The Labute approximate surface area is 215 Å². The van der Waals surface area contributed by atoms with E-state index in [2.05, 4.69) is 29.0 Å². The molecule has 0 amide bonds. The van der Waals surface area contributed by atoms with Crippen LogP contribution >= 0.6 is 11.6 Å². The van der Waals surface area contributed by atoms with Crippen LogP contribution in [0.4, 0.5) is 0 Å². The molecule has 0 aromatic carbocycles. The van der Waals surface area contributed by atoms with Crippen LogP contribution in [0.3, 0.4) is 0 Å². The van der Waals surface area contributed by atoms with Gasteiger partial charge in [0, 0.05) is 12.8 Å². The van der Waals surface area contributed by atoms with E-state index in [1.54, 1.807) is 0 Å². The molecule has 0 saturated carbocycles. The molecule has 9 N–H and O–H groups in total. The Balaban J connectivity index is 1.59. The van der Waals surface area contributed by atoms with Gasteiger partial charge in [-0.1, -0.05) is 31.1 Å². The molecule has 2 unspecified atom stereocenters. The van der Waals surface area contributed by atoms with Crippen LogP contribution in [-0.2, 0) is 9.47 Å². The molecule has 12 atom stereocenters. The molecule has 0 radical (unpaired) electrons. The average Bonchev–Trinajstić information content (AvgIpc) is 2.83. The molecule has 3 aliphatic heterocycles. The summed E-state index contributed by atoms with van der Waals surface area (Å²) in [5, 5.41) is 81.8. The van der Waals surface area contributed by atoms with E-state index in [1.807, 2.05) is 6.92 Å². The lowest BCUT2D eigenvalue weighted by Gasteiger charge is -2.52. The topological polar surface area (TPSA) is 192 Å². The van der Waals surface area contributed by atoms with E-state index in [1.165, 1.54) is 0 Å². The first-order valence-electron chi connectivity index (χ1n) is 12.1. The van der Waals surface area contributed by atoms with Crippen molar-refractivity contribution in [3.8, 4) is 23.7 Å². The molecule has 36 heavy (non-hydrogen) atoms. The molecule has 12 heteroatoms. The molecule has 0 bridgehead atoms. The minimum atomic E-state index is -1.50. The van der Waals surface area contributed by atoms with E-state index in [-0.39, 0.29) is 0 Å². The van der Waals surface area contributed by atoms with Gasteiger partial charge in [-0.2, -0.15) is 0 Å². The van der Waals surface area contributed by atoms with Gasteiger partial charge in [0.15, 0.2) is 0 Å². The van der Waals surface area contributed by atoms with Crippen LogP contribution < -0.4 is 5.32 Å². The highest BCUT2D eigenvalue weighted by Crippen LogP contribution is 2.42. The summed E-state index contributed by atoms with van der Waals surface area (Å²) in [5.74, 6) is 11.5. The average molecular weight is 534 g/mol. The van der Waals surface area contributed by atoms with Crippen LogP contribution in [0, 0.1) is 23.7 Å². The highest BCUT2D eigenvalue weighted by atomic mass is 35.5. The minimum absolute atomic E-state index is 0.327. The van der Waals surface area contributed by atoms with Crippen molar-refractivity contribution in [3.63, 3.8) is 0 Å². The maximum atomic E-state index is 10.2. The molecule has 204 valence electrons. The third kappa shape index (κ3) is 6.33. The first-order chi connectivity index (χ1) is 17.0. The van der Waals surface area contributed by atoms with Crippen LogP contribution in [0.1, 0.15) is 39.0 Å². The van der Waals surface area contributed by atoms with E-state index in [0.29, 0.717) is 25.7 Å². The van der Waals surface area contributed by atoms with Crippen molar-refractivity contribution < 1.29 is 50.3 Å². The number of hydrogen-bond donors (Lipinski definition) is 9. The van der Waals surface area contributed by atoms with Crippen molar-refractivity contribution in [1.29, 1.82) is 0 Å². The van der Waals surface area contributed by atoms with Crippen molar-refractivity contribution >= 4 is 11.6 Å². The van der Waals surface area contributed by atoms with Gasteiger partial charge in [0.05, 0.1) is 23.8 Å². The molecule has 3 heterocycles. The largest absolute Gasteiger partial charge is 0.394 e. The van der Waals surface area contributed by atoms with E-state index in [0.717, 1.165) is 6.42 Å². The second kappa shape index (κ2) is 12.2. The fourth-order valence-corrected chi connectivity index (χ4v) is 5.34. The summed E-state index contributed by atoms with van der Waals surface area (Å²) in [6.45, 7) is 0.928. The van der Waals surface area contributed by atoms with Gasteiger partial charge < -0.3 is 50.3 Å². The lowest BCUT2D eigenvalue weighted by atomic mass is 9.76. The van der Waals surface area contributed by atoms with Gasteiger partial charge in [0.1, 0.15) is 61.0 Å². The van der Waals surface area contributed by atoms with Crippen LogP contribution in [-0.4, -0.2) is 126 Å². The summed E-state index contributed by atoms with van der Waals surface area (Å²) in [5.41, 5.74) is -0.653. The Bertz CT molecular complexity index is 858. The Morgan fingerprint density at radius 2 is 1.31 bits per heavy atom. The monoisotopic (exact) mass is 533 g/mol. The lowest BCUT2D eigenvalue weighted by Crippen LogP contribution is -2.68. The van der Waals surface area contributed by atoms with Crippen molar-refractivity contribution in [1.82, 2.24) is 5.32 Å². The van der Waals surface area contributed by atoms with Gasteiger partial charge in [0.2, 0.25) is 0 Å². The number of nitrogens with one attached hydrogen (secondary N) is 1. The summed E-state index contributed by atoms with van der Waals surface area (Å²) < 4.78 is 10.8. The quantitative estimate of drug-likeness (QED) is 0.0955. The highest BCUT2D eigenvalue weighted by Gasteiger charge is 2.52. The van der Waals surface area contributed by atoms with Crippen LogP contribution in [0.5, 0.6) is 0 Å². The normalized spacial score (nSPS) is 46.6. The van der Waals surface area contributed by atoms with Crippen LogP contribution in [0.25, 0.3) is 0 Å². The van der Waals surface area contributed by atoms with Gasteiger partial charge in [-0.05, 0) is 12.8 Å². The predicted molar refractivity (Wildman–Crippen MR) is 126 cm³/mol. The summed E-state index contributed by atoms with van der Waals surface area (Å²) in [4.78, 5) is -0.802. The van der Waals surface area contributed by atoms with Crippen molar-refractivity contribution in [2.24, 2.45) is 0 Å². The molecule has 0 aliphatic carbocycles. The third-order valence-corrected chi connectivity index (χ3v) is 7.27. The number of halogens is 1. The molecule has 0 aromatic rings. The Morgan fingerprint density at radius 1 is 0.806 bits per heavy atom. The van der Waals surface area contributed by atoms with Crippen LogP contribution in [0.15, 0.2) is 0 Å². The van der Waals surface area contributed by atoms with E-state index >= 15 is 0 Å². The number of ether oxygens (including phenoxy) is 2. The van der Waals surface area contributed by atoms with Gasteiger partial charge in [0.25, 0.3) is 0 Å². The zero-order valence-electron chi connectivity index (χ0n) is 20.0. The van der Waals surface area contributed by atoms with E-state index in [4.69, 9.17) is 21.1 Å². The van der Waals surface area contributed by atoms with Crippen LogP contribution in [0.2, 0.25) is 0 Å². The number of alkyl halides is 1. The predicted octanol–water partition coefficient (Wildman–Crippen LogP) is -3.07. The van der Waals surface area contributed by atoms with Crippen molar-refractivity contribution in [3.05, 3.63) is 0 Å². The van der Waals surface area contributed by atoms with Gasteiger partial charge in [-0.25, -0.2) is 0 Å². The fraction of sp³-hybridized carbons (Fsp3) is 0.833. The maximum Gasteiger partial charge on any atom is 0.147 e. The lowest BCUT2D eigenvalue weighted by molar-refractivity contribution is -0.214. The molecular weight excluding hydrogens is 498 g/mol. The van der Waals surface area contributed by atoms with Crippen molar-refractivity contribution in [2.75, 3.05) is 13.2 Å². The number of rotatable bonds is 6. The zero-order valence-corrected chi connectivity index (χ0v) is 20.8. The second-order valence-electron chi connectivity index (χ2n) is 9.69. The molecule has 11 nitrogen and oxygen atoms in total. The smallest absolute Gasteiger partial charge is 0.147 e. The summed E-state index contributed by atoms with van der Waals surface area (Å²) >= 11 is 6.68. The maximum absolute atomic E-state index is 10.2. The first-order valence-corrected chi connectivity index (χ1v) is 12.5. The third-order valence-electron chi connectivity index (χ3n) is 6.85. The molecule has 0 spiro atoms. The Kier molecular flexibility index (Phi) is 10.0. The van der Waals surface area contributed by atoms with Gasteiger partial charge >= 0.3 is 0 Å². The SMILES string of the molecule is CCCC1(C#C[C@H]2O[C@H](CO)[C@@H](O)[C@H](O)[C@@H]2O)CC(Cl)(CCC#C[C@H]2O[C@H](CO)[C@@H](O)[C@H](O)[C@@H]2O)N1. The first kappa shape index (κ1) is 29.5. The van der Waals surface area contributed by atoms with Gasteiger partial charge in [-0.15, -0.1) is 17.5 Å². The fourth-order valence-electron chi connectivity index (χ4n) is 4.84. The number of hydrogen-bond acceptors (Lipinski definition) is 11. The van der Waals surface area contributed by atoms with Crippen molar-refractivity contribution in [2.45, 2.75) is 111 Å². The summed E-state index contributed by atoms with van der Waals surface area (Å²) in [6.07, 6.45) is -10.3. The Morgan fingerprint density at radius 3 is 1.78 bits per heavy atom. The van der Waals surface area contributed by atoms with Gasteiger partial charge in [-0.3, -0.25) is 5.32 Å². The zero-order chi connectivity index (χ0) is 26.7. The molecule has 0 aromatic heterocycles. The number of aliphatic hydroxyl groups excluding tert-OH is 8. The minimum Gasteiger partial charge on any atom is -0.394 e. The molecule has 3 saturated heterocycles. The molecular formula is C24H36ClNO10. The summed E-state index contributed by atoms with van der Waals surface area (Å²) in [6, 6.07) is 0. The summed E-state index contributed by atoms with van der Waals surface area (Å²) in [7, 11) is 0. The van der Waals surface area contributed by atoms with E-state index in [9.17, 15) is 40.9 Å². The molecule has 3 rings (SSSR count). The number of aliphatic hydroxyl groups is 8. The standard InChI is InChI=1S/C24H36ClNO10/c1-2-7-23(9-6-14-18(30)22(34)20(32)16(11-28)36-14)12-24(25,26-23)8-4-3-5-13-17(29)21(33)19(31)15(10-27)35-13/h13-22,26-34H,2,4,7-8,10-12H2,1H3/t13-,14-,15-,16-,17-,18-,19-,20-,21-,22-,23?,24?/m1/s1. The Hall–Kier alpha value is -1.03. The highest BCUT2D eigenvalue weighted by molar-refractivity contribution is 6.24.